The van der Waals surface area contributed by atoms with Crippen molar-refractivity contribution >= 4 is 29.9 Å². The summed E-state index contributed by atoms with van der Waals surface area (Å²) < 4.78 is 35.5. The number of aliphatic imine (C=N–C) groups is 1. The number of hydrogen-bond acceptors (Lipinski definition) is 4. The van der Waals surface area contributed by atoms with Gasteiger partial charge in [0, 0.05) is 24.8 Å². The molecule has 0 saturated carbocycles. The minimum Gasteiger partial charge on any atom is -0.487 e. The number of halogens is 3. The van der Waals surface area contributed by atoms with Gasteiger partial charge in [-0.3, -0.25) is 4.98 Å². The van der Waals surface area contributed by atoms with Crippen molar-refractivity contribution in [3.8, 4) is 11.5 Å². The molecule has 0 aliphatic heterocycles. The van der Waals surface area contributed by atoms with Gasteiger partial charge in [-0.1, -0.05) is 36.4 Å². The van der Waals surface area contributed by atoms with Crippen LogP contribution in [-0.2, 0) is 19.7 Å². The van der Waals surface area contributed by atoms with Crippen LogP contribution in [0.15, 0.2) is 77.9 Å². The minimum atomic E-state index is -2.87. The quantitative estimate of drug-likeness (QED) is 0.202. The Morgan fingerprint density at radius 3 is 2.45 bits per heavy atom. The van der Waals surface area contributed by atoms with E-state index in [9.17, 15) is 8.78 Å². The molecule has 2 aromatic carbocycles. The molecule has 0 unspecified atom stereocenters. The topological polar surface area (TPSA) is 67.8 Å². The van der Waals surface area contributed by atoms with Crippen LogP contribution in [0.5, 0.6) is 11.5 Å². The van der Waals surface area contributed by atoms with Gasteiger partial charge < -0.3 is 20.1 Å². The van der Waals surface area contributed by atoms with E-state index in [1.165, 1.54) is 6.07 Å². The highest BCUT2D eigenvalue weighted by atomic mass is 127. The second kappa shape index (κ2) is 14.2. The van der Waals surface area contributed by atoms with E-state index in [0.29, 0.717) is 37.8 Å². The first-order chi connectivity index (χ1) is 15.6. The van der Waals surface area contributed by atoms with E-state index < -0.39 is 6.61 Å². The number of guanidine groups is 1. The third-order valence-electron chi connectivity index (χ3n) is 4.44. The molecule has 0 atom stereocenters. The van der Waals surface area contributed by atoms with E-state index in [0.717, 1.165) is 17.0 Å². The smallest absolute Gasteiger partial charge is 0.387 e. The molecule has 3 rings (SSSR count). The Labute approximate surface area is 209 Å². The lowest BCUT2D eigenvalue weighted by Crippen LogP contribution is -2.36. The zero-order chi connectivity index (χ0) is 22.6. The Balaban J connectivity index is 0.00000385. The van der Waals surface area contributed by atoms with Crippen LogP contribution in [0.3, 0.4) is 0 Å². The molecule has 1 heterocycles. The molecule has 0 fully saturated rings. The third kappa shape index (κ3) is 9.21. The van der Waals surface area contributed by atoms with Crippen LogP contribution >= 0.6 is 24.0 Å². The van der Waals surface area contributed by atoms with E-state index in [4.69, 9.17) is 4.74 Å². The van der Waals surface area contributed by atoms with Gasteiger partial charge in [0.15, 0.2) is 5.96 Å². The monoisotopic (exact) mass is 568 g/mol. The number of pyridine rings is 1. The highest BCUT2D eigenvalue weighted by Gasteiger charge is 2.09. The second-order valence-corrected chi connectivity index (χ2v) is 6.79. The van der Waals surface area contributed by atoms with E-state index in [-0.39, 0.29) is 29.7 Å². The van der Waals surface area contributed by atoms with E-state index in [1.54, 1.807) is 24.4 Å². The Bertz CT molecular complexity index is 989. The molecule has 2 N–H and O–H groups in total. The number of ether oxygens (including phenoxy) is 2. The molecule has 0 saturated heterocycles. The SMILES string of the molecule is CCNC(=NCc1ccc(OCc2ccccn2)cc1)NCc1ccccc1OC(F)F.I. The summed E-state index contributed by atoms with van der Waals surface area (Å²) in [6.45, 7) is 0.915. The largest absolute Gasteiger partial charge is 0.487 e. The average molecular weight is 568 g/mol. The van der Waals surface area contributed by atoms with Crippen molar-refractivity contribution in [2.24, 2.45) is 4.99 Å². The summed E-state index contributed by atoms with van der Waals surface area (Å²) >= 11 is 0. The zero-order valence-corrected chi connectivity index (χ0v) is 20.5. The first kappa shape index (κ1) is 26.3. The lowest BCUT2D eigenvalue weighted by Gasteiger charge is -2.14. The molecule has 3 aromatic rings. The van der Waals surface area contributed by atoms with Crippen molar-refractivity contribution in [2.45, 2.75) is 33.2 Å². The minimum absolute atomic E-state index is 0. The van der Waals surface area contributed by atoms with Crippen molar-refractivity contribution in [3.05, 3.63) is 89.7 Å². The number of alkyl halides is 2. The van der Waals surface area contributed by atoms with Gasteiger partial charge in [0.25, 0.3) is 0 Å². The van der Waals surface area contributed by atoms with Crippen LogP contribution in [-0.4, -0.2) is 24.1 Å². The molecule has 0 radical (unpaired) electrons. The number of para-hydroxylation sites is 1. The second-order valence-electron chi connectivity index (χ2n) is 6.79. The Morgan fingerprint density at radius 2 is 1.76 bits per heavy atom. The van der Waals surface area contributed by atoms with E-state index in [2.05, 4.69) is 25.3 Å². The Morgan fingerprint density at radius 1 is 1.00 bits per heavy atom. The van der Waals surface area contributed by atoms with Gasteiger partial charge in [-0.25, -0.2) is 4.99 Å². The average Bonchev–Trinajstić information content (AvgIpc) is 2.81. The molecular formula is C24H27F2IN4O2. The summed E-state index contributed by atoms with van der Waals surface area (Å²) in [6, 6.07) is 20.1. The van der Waals surface area contributed by atoms with Gasteiger partial charge in [0.1, 0.15) is 18.1 Å². The Kier molecular flexibility index (Phi) is 11.4. The van der Waals surface area contributed by atoms with E-state index in [1.807, 2.05) is 49.4 Å². The van der Waals surface area contributed by atoms with Crippen LogP contribution in [0.1, 0.15) is 23.7 Å². The van der Waals surface area contributed by atoms with Gasteiger partial charge in [-0.05, 0) is 42.8 Å². The highest BCUT2D eigenvalue weighted by Crippen LogP contribution is 2.20. The van der Waals surface area contributed by atoms with Crippen LogP contribution in [0.4, 0.5) is 8.78 Å². The molecule has 0 aliphatic carbocycles. The van der Waals surface area contributed by atoms with Crippen molar-refractivity contribution in [1.82, 2.24) is 15.6 Å². The van der Waals surface area contributed by atoms with Crippen LogP contribution < -0.4 is 20.1 Å². The van der Waals surface area contributed by atoms with Crippen LogP contribution in [0.25, 0.3) is 0 Å². The maximum Gasteiger partial charge on any atom is 0.387 e. The third-order valence-corrected chi connectivity index (χ3v) is 4.44. The van der Waals surface area contributed by atoms with Gasteiger partial charge in [-0.15, -0.1) is 24.0 Å². The number of hydrogen-bond donors (Lipinski definition) is 2. The fourth-order valence-electron chi connectivity index (χ4n) is 2.88. The molecule has 0 amide bonds. The fraction of sp³-hybridized carbons (Fsp3) is 0.250. The standard InChI is InChI=1S/C24H26F2N4O2.HI/c1-2-27-24(30-16-19-7-3-4-9-22(19)32-23(25)26)29-15-18-10-12-21(13-11-18)31-17-20-8-5-6-14-28-20;/h3-14,23H,2,15-17H2,1H3,(H2,27,29,30);1H. The molecule has 1 aromatic heterocycles. The van der Waals surface area contributed by atoms with Crippen LogP contribution in [0, 0.1) is 0 Å². The summed E-state index contributed by atoms with van der Waals surface area (Å²) in [6.07, 6.45) is 1.74. The number of benzene rings is 2. The molecule has 0 aliphatic rings. The van der Waals surface area contributed by atoms with Crippen molar-refractivity contribution in [1.29, 1.82) is 0 Å². The predicted octanol–water partition coefficient (Wildman–Crippen LogP) is 5.14. The molecule has 9 heteroatoms. The summed E-state index contributed by atoms with van der Waals surface area (Å²) in [5.41, 5.74) is 2.49. The summed E-state index contributed by atoms with van der Waals surface area (Å²) in [4.78, 5) is 8.80. The van der Waals surface area contributed by atoms with Gasteiger partial charge in [-0.2, -0.15) is 8.78 Å². The first-order valence-corrected chi connectivity index (χ1v) is 10.3. The van der Waals surface area contributed by atoms with Crippen molar-refractivity contribution in [2.75, 3.05) is 6.54 Å². The van der Waals surface area contributed by atoms with Gasteiger partial charge in [0.2, 0.25) is 0 Å². The lowest BCUT2D eigenvalue weighted by molar-refractivity contribution is -0.0504. The zero-order valence-electron chi connectivity index (χ0n) is 18.2. The summed E-state index contributed by atoms with van der Waals surface area (Å²) in [5.74, 6) is 1.48. The van der Waals surface area contributed by atoms with Gasteiger partial charge in [0.05, 0.1) is 12.2 Å². The lowest BCUT2D eigenvalue weighted by atomic mass is 10.2. The molecule has 6 nitrogen and oxygen atoms in total. The molecule has 176 valence electrons. The predicted molar refractivity (Wildman–Crippen MR) is 135 cm³/mol. The maximum absolute atomic E-state index is 12.6. The number of nitrogens with zero attached hydrogens (tertiary/aromatic N) is 2. The normalized spacial score (nSPS) is 11.0. The summed E-state index contributed by atoms with van der Waals surface area (Å²) in [5, 5.41) is 6.30. The number of rotatable bonds is 10. The van der Waals surface area contributed by atoms with Crippen molar-refractivity contribution in [3.63, 3.8) is 0 Å². The van der Waals surface area contributed by atoms with Gasteiger partial charge >= 0.3 is 6.61 Å². The summed E-state index contributed by atoms with van der Waals surface area (Å²) in [7, 11) is 0. The molecule has 0 bridgehead atoms. The Hall–Kier alpha value is -2.95. The number of aromatic nitrogens is 1. The maximum atomic E-state index is 12.6. The molecule has 33 heavy (non-hydrogen) atoms. The molecule has 0 spiro atoms. The number of nitrogens with one attached hydrogen (secondary N) is 2. The first-order valence-electron chi connectivity index (χ1n) is 10.3. The fourth-order valence-corrected chi connectivity index (χ4v) is 2.88. The molecular weight excluding hydrogens is 541 g/mol. The van der Waals surface area contributed by atoms with Crippen molar-refractivity contribution < 1.29 is 18.3 Å². The van der Waals surface area contributed by atoms with Crippen LogP contribution in [0.2, 0.25) is 0 Å². The highest BCUT2D eigenvalue weighted by molar-refractivity contribution is 14.0. The van der Waals surface area contributed by atoms with E-state index >= 15 is 0 Å².